The van der Waals surface area contributed by atoms with Crippen LogP contribution in [0, 0.1) is 0 Å². The number of aliphatic carboxylic acids is 2. The average molecular weight is 576 g/mol. The van der Waals surface area contributed by atoms with Crippen molar-refractivity contribution in [2.45, 2.75) is 13.2 Å². The van der Waals surface area contributed by atoms with E-state index in [4.69, 9.17) is 18.9 Å². The number of methoxy groups -OCH3 is 2. The molecule has 8 nitrogen and oxygen atoms in total. The summed E-state index contributed by atoms with van der Waals surface area (Å²) in [5.41, 5.74) is 3.56. The zero-order chi connectivity index (χ0) is 30.2. The third-order valence-corrected chi connectivity index (χ3v) is 5.69. The maximum Gasteiger partial charge on any atom is 2.00 e. The van der Waals surface area contributed by atoms with E-state index in [9.17, 15) is 19.8 Å². The largest absolute Gasteiger partial charge is 2.00 e. The molecule has 0 bridgehead atoms. The van der Waals surface area contributed by atoms with Gasteiger partial charge >= 0.3 is 10.1 Å². The van der Waals surface area contributed by atoms with Crippen molar-refractivity contribution < 1.29 is 38.7 Å². The Morgan fingerprint density at radius 2 is 0.884 bits per heavy atom. The Labute approximate surface area is 254 Å². The van der Waals surface area contributed by atoms with Crippen LogP contribution in [0.15, 0.2) is 121 Å². The summed E-state index contributed by atoms with van der Waals surface area (Å²) in [5.74, 6) is -1.70. The average Bonchev–Trinajstić information content (AvgIpc) is 3.02. The molecule has 4 aromatic rings. The van der Waals surface area contributed by atoms with Gasteiger partial charge in [0.25, 0.3) is 0 Å². The van der Waals surface area contributed by atoms with Gasteiger partial charge in [0.1, 0.15) is 48.2 Å². The molecular formula is C34H30BeO8. The van der Waals surface area contributed by atoms with Gasteiger partial charge in [-0.3, -0.25) is 0 Å². The maximum atomic E-state index is 10.7. The molecule has 0 N–H and O–H groups in total. The summed E-state index contributed by atoms with van der Waals surface area (Å²) >= 11 is 0. The van der Waals surface area contributed by atoms with E-state index < -0.39 is 11.9 Å². The smallest absolute Gasteiger partial charge is 0.542 e. The molecule has 0 amide bonds. The van der Waals surface area contributed by atoms with E-state index in [0.29, 0.717) is 35.8 Å². The molecule has 9 heteroatoms. The predicted octanol–water partition coefficient (Wildman–Crippen LogP) is 3.62. The monoisotopic (exact) mass is 575 g/mol. The second-order valence-corrected chi connectivity index (χ2v) is 8.69. The van der Waals surface area contributed by atoms with Crippen LogP contribution in [0.4, 0.5) is 0 Å². The summed E-state index contributed by atoms with van der Waals surface area (Å²) in [4.78, 5) is 21.5. The fraction of sp³-hybridized carbons (Fsp3) is 0.118. The Morgan fingerprint density at radius 1 is 0.558 bits per heavy atom. The van der Waals surface area contributed by atoms with Crippen molar-refractivity contribution in [3.05, 3.63) is 143 Å². The normalized spacial score (nSPS) is 10.7. The van der Waals surface area contributed by atoms with Crippen LogP contribution in [0.5, 0.6) is 11.5 Å². The summed E-state index contributed by atoms with van der Waals surface area (Å²) in [6, 6.07) is 33.8. The molecule has 43 heavy (non-hydrogen) atoms. The SMILES string of the molecule is COC(=Cc1ccc(OCc2ccccc2)cc1)C(=O)[O-].COC(=Cc1ccc(OCc2ccccc2)cc1)C(=O)[O-].[Be+2]. The van der Waals surface area contributed by atoms with Gasteiger partial charge in [-0.2, -0.15) is 0 Å². The zero-order valence-electron chi connectivity index (χ0n) is 23.9. The number of rotatable bonds is 12. The third-order valence-electron chi connectivity index (χ3n) is 5.69. The molecule has 0 aliphatic carbocycles. The van der Waals surface area contributed by atoms with Crippen LogP contribution in [0.2, 0.25) is 0 Å². The molecule has 0 saturated carbocycles. The second kappa shape index (κ2) is 18.2. The summed E-state index contributed by atoms with van der Waals surface area (Å²) < 4.78 is 20.7. The molecule has 0 radical (unpaired) electrons. The Morgan fingerprint density at radius 3 is 1.16 bits per heavy atom. The van der Waals surface area contributed by atoms with Gasteiger partial charge < -0.3 is 38.7 Å². The number of benzene rings is 4. The van der Waals surface area contributed by atoms with E-state index in [2.05, 4.69) is 0 Å². The third kappa shape index (κ3) is 12.0. The second-order valence-electron chi connectivity index (χ2n) is 8.69. The van der Waals surface area contributed by atoms with Crippen molar-refractivity contribution >= 4 is 34.2 Å². The quantitative estimate of drug-likeness (QED) is 0.143. The van der Waals surface area contributed by atoms with Gasteiger partial charge in [-0.1, -0.05) is 84.9 Å². The van der Waals surface area contributed by atoms with Gasteiger partial charge in [-0.05, 0) is 58.7 Å². The molecule has 4 aromatic carbocycles. The molecule has 0 aliphatic heterocycles. The van der Waals surface area contributed by atoms with Crippen LogP contribution in [-0.2, 0) is 32.3 Å². The fourth-order valence-electron chi connectivity index (χ4n) is 3.51. The molecule has 0 aromatic heterocycles. The zero-order valence-corrected chi connectivity index (χ0v) is 23.9. The van der Waals surface area contributed by atoms with Crippen molar-refractivity contribution in [1.82, 2.24) is 0 Å². The first-order chi connectivity index (χ1) is 20.4. The van der Waals surface area contributed by atoms with Crippen molar-refractivity contribution in [2.24, 2.45) is 0 Å². The number of carboxylic acids is 2. The van der Waals surface area contributed by atoms with Gasteiger partial charge in [0.05, 0.1) is 14.2 Å². The van der Waals surface area contributed by atoms with Crippen molar-refractivity contribution in [1.29, 1.82) is 0 Å². The summed E-state index contributed by atoms with van der Waals surface area (Å²) in [5, 5.41) is 21.5. The van der Waals surface area contributed by atoms with Gasteiger partial charge in [0.15, 0.2) is 0 Å². The van der Waals surface area contributed by atoms with Crippen LogP contribution >= 0.6 is 0 Å². The van der Waals surface area contributed by atoms with Gasteiger partial charge in [-0.25, -0.2) is 0 Å². The fourth-order valence-corrected chi connectivity index (χ4v) is 3.51. The van der Waals surface area contributed by atoms with Crippen LogP contribution in [0.3, 0.4) is 0 Å². The molecular weight excluding hydrogens is 545 g/mol. The molecule has 0 aliphatic rings. The Kier molecular flexibility index (Phi) is 14.3. The molecule has 216 valence electrons. The minimum atomic E-state index is -1.35. The van der Waals surface area contributed by atoms with Crippen molar-refractivity contribution in [3.8, 4) is 11.5 Å². The van der Waals surface area contributed by atoms with Crippen molar-refractivity contribution in [2.75, 3.05) is 14.2 Å². The number of ether oxygens (including phenoxy) is 4. The Balaban J connectivity index is 0.000000293. The van der Waals surface area contributed by atoms with E-state index >= 15 is 0 Å². The first-order valence-corrected chi connectivity index (χ1v) is 12.9. The topological polar surface area (TPSA) is 117 Å². The molecule has 0 spiro atoms. The molecule has 0 atom stereocenters. The number of carbonyl (C=O) groups is 2. The minimum absolute atomic E-state index is 0. The number of carbonyl (C=O) groups excluding carboxylic acids is 2. The van der Waals surface area contributed by atoms with Crippen LogP contribution < -0.4 is 19.7 Å². The molecule has 0 heterocycles. The number of hydrogen-bond donors (Lipinski definition) is 0. The summed E-state index contributed by atoms with van der Waals surface area (Å²) in [6.07, 6.45) is 2.80. The summed E-state index contributed by atoms with van der Waals surface area (Å²) in [7, 11) is 2.58. The van der Waals surface area contributed by atoms with Gasteiger partial charge in [-0.15, -0.1) is 0 Å². The van der Waals surface area contributed by atoms with Crippen LogP contribution in [0.1, 0.15) is 22.3 Å². The Hall–Kier alpha value is -5.33. The predicted molar refractivity (Wildman–Crippen MR) is 160 cm³/mol. The van der Waals surface area contributed by atoms with Crippen LogP contribution in [-0.4, -0.2) is 36.3 Å². The van der Waals surface area contributed by atoms with E-state index in [1.165, 1.54) is 26.4 Å². The van der Waals surface area contributed by atoms with Crippen molar-refractivity contribution in [3.63, 3.8) is 0 Å². The van der Waals surface area contributed by atoms with Gasteiger partial charge in [0.2, 0.25) is 0 Å². The van der Waals surface area contributed by atoms with E-state index in [0.717, 1.165) is 11.1 Å². The molecule has 4 rings (SSSR count). The van der Waals surface area contributed by atoms with Crippen LogP contribution in [0.25, 0.3) is 12.2 Å². The summed E-state index contributed by atoms with van der Waals surface area (Å²) in [6.45, 7) is 0.969. The van der Waals surface area contributed by atoms with Gasteiger partial charge in [0, 0.05) is 0 Å². The number of hydrogen-bond acceptors (Lipinski definition) is 8. The first-order valence-electron chi connectivity index (χ1n) is 12.9. The maximum absolute atomic E-state index is 10.7. The van der Waals surface area contributed by atoms with E-state index in [1.54, 1.807) is 48.5 Å². The Bertz CT molecular complexity index is 1350. The first kappa shape index (κ1) is 33.9. The molecule has 0 unspecified atom stereocenters. The van der Waals surface area contributed by atoms with E-state index in [1.807, 2.05) is 60.7 Å². The standard InChI is InChI=1S/2C17H16O4.Be/c2*1-20-16(17(18)19)11-13-7-9-15(10-8-13)21-12-14-5-3-2-4-6-14;/h2*2-11H,12H2,1H3,(H,18,19);/q;;+2/p-2. The minimum Gasteiger partial charge on any atom is -0.542 e. The molecule has 0 saturated heterocycles. The number of carboxylic acid groups (broad SMARTS) is 2. The molecule has 0 fully saturated rings. The van der Waals surface area contributed by atoms with E-state index in [-0.39, 0.29) is 21.6 Å².